The smallest absolute Gasteiger partial charge is 0.0342 e. The molecule has 0 amide bonds. The fourth-order valence-corrected chi connectivity index (χ4v) is 0.843. The van der Waals surface area contributed by atoms with Crippen molar-refractivity contribution in [2.24, 2.45) is 0 Å². The van der Waals surface area contributed by atoms with Crippen LogP contribution in [0.1, 0.15) is 6.92 Å². The van der Waals surface area contributed by atoms with Crippen molar-refractivity contribution in [3.63, 3.8) is 0 Å². The number of halogens is 1. The Bertz CT molecular complexity index is 70.7. The molecule has 0 radical (unpaired) electrons. The third-order valence-corrected chi connectivity index (χ3v) is 1.88. The average molecular weight is 151 g/mol. The van der Waals surface area contributed by atoms with Crippen molar-refractivity contribution in [2.45, 2.75) is 13.0 Å². The lowest BCUT2D eigenvalue weighted by Crippen LogP contribution is -2.55. The Balaban J connectivity index is 0.000000640. The summed E-state index contributed by atoms with van der Waals surface area (Å²) >= 11 is 0. The zero-order valence-electron chi connectivity index (χ0n) is 6.05. The molecular weight excluding hydrogens is 136 g/mol. The van der Waals surface area contributed by atoms with Gasteiger partial charge in [0.25, 0.3) is 0 Å². The molecule has 1 N–H and O–H groups in total. The van der Waals surface area contributed by atoms with Crippen LogP contribution in [-0.4, -0.2) is 37.6 Å². The maximum absolute atomic E-state index is 3.23. The lowest BCUT2D eigenvalue weighted by molar-refractivity contribution is 0.188. The van der Waals surface area contributed by atoms with Gasteiger partial charge >= 0.3 is 0 Å². The summed E-state index contributed by atoms with van der Waals surface area (Å²) in [7, 11) is 2.17. The molecule has 9 heavy (non-hydrogen) atoms. The number of rotatable bonds is 2. The molecule has 3 heteroatoms. The molecule has 56 valence electrons. The summed E-state index contributed by atoms with van der Waals surface area (Å²) in [5.74, 6) is 0. The Morgan fingerprint density at radius 2 is 2.11 bits per heavy atom. The first-order valence-electron chi connectivity index (χ1n) is 3.25. The second-order valence-electron chi connectivity index (χ2n) is 2.39. The van der Waals surface area contributed by atoms with E-state index in [0.717, 1.165) is 6.04 Å². The average Bonchev–Trinajstić information content (AvgIpc) is 1.62. The van der Waals surface area contributed by atoms with Crippen LogP contribution in [0.3, 0.4) is 0 Å². The quantitative estimate of drug-likeness (QED) is 0.611. The fraction of sp³-hybridized carbons (Fsp3) is 1.00. The highest BCUT2D eigenvalue weighted by Gasteiger charge is 2.19. The van der Waals surface area contributed by atoms with Gasteiger partial charge in [-0.25, -0.2) is 0 Å². The predicted molar refractivity (Wildman–Crippen MR) is 42.2 cm³/mol. The highest BCUT2D eigenvalue weighted by molar-refractivity contribution is 5.85. The minimum absolute atomic E-state index is 0. The Kier molecular flexibility index (Phi) is 4.19. The van der Waals surface area contributed by atoms with E-state index in [1.54, 1.807) is 0 Å². The standard InChI is InChI=1S/C6H14N2.ClH/c1-3-8(2)6-4-7-5-6;/h6-7H,3-5H2,1-2H3;1H. The van der Waals surface area contributed by atoms with Crippen LogP contribution in [0.4, 0.5) is 0 Å². The molecule has 1 heterocycles. The highest BCUT2D eigenvalue weighted by atomic mass is 35.5. The third-order valence-electron chi connectivity index (χ3n) is 1.88. The first-order valence-corrected chi connectivity index (χ1v) is 3.25. The monoisotopic (exact) mass is 150 g/mol. The molecule has 0 aromatic rings. The summed E-state index contributed by atoms with van der Waals surface area (Å²) in [6.45, 7) is 5.74. The molecule has 0 aromatic carbocycles. The van der Waals surface area contributed by atoms with Crippen LogP contribution in [0, 0.1) is 0 Å². The van der Waals surface area contributed by atoms with Crippen LogP contribution in [-0.2, 0) is 0 Å². The molecule has 1 aliphatic rings. The SMILES string of the molecule is CCN(C)C1CNC1.Cl. The van der Waals surface area contributed by atoms with Crippen molar-refractivity contribution in [3.05, 3.63) is 0 Å². The van der Waals surface area contributed by atoms with Crippen LogP contribution in [0.2, 0.25) is 0 Å². The number of hydrogen-bond donors (Lipinski definition) is 1. The third kappa shape index (κ3) is 2.12. The molecule has 0 unspecified atom stereocenters. The van der Waals surface area contributed by atoms with E-state index in [0.29, 0.717) is 0 Å². The molecule has 1 fully saturated rings. The largest absolute Gasteiger partial charge is 0.314 e. The van der Waals surface area contributed by atoms with E-state index in [1.165, 1.54) is 19.6 Å². The van der Waals surface area contributed by atoms with Crippen molar-refractivity contribution in [1.82, 2.24) is 10.2 Å². The van der Waals surface area contributed by atoms with Crippen LogP contribution < -0.4 is 5.32 Å². The molecule has 1 aliphatic heterocycles. The molecule has 0 saturated carbocycles. The molecule has 0 atom stereocenters. The van der Waals surface area contributed by atoms with Gasteiger partial charge in [0.15, 0.2) is 0 Å². The molecule has 0 aromatic heterocycles. The molecule has 0 aliphatic carbocycles. The summed E-state index contributed by atoms with van der Waals surface area (Å²) in [4.78, 5) is 2.37. The van der Waals surface area contributed by atoms with Crippen LogP contribution >= 0.6 is 12.4 Å². The highest BCUT2D eigenvalue weighted by Crippen LogP contribution is 1.99. The molecule has 1 saturated heterocycles. The summed E-state index contributed by atoms with van der Waals surface area (Å²) in [5.41, 5.74) is 0. The van der Waals surface area contributed by atoms with Gasteiger partial charge in [0.2, 0.25) is 0 Å². The molecule has 2 nitrogen and oxygen atoms in total. The summed E-state index contributed by atoms with van der Waals surface area (Å²) < 4.78 is 0. The van der Waals surface area contributed by atoms with E-state index in [1.807, 2.05) is 0 Å². The summed E-state index contributed by atoms with van der Waals surface area (Å²) in [6.07, 6.45) is 0. The minimum atomic E-state index is 0. The Labute approximate surface area is 63.0 Å². The summed E-state index contributed by atoms with van der Waals surface area (Å²) in [6, 6.07) is 0.819. The van der Waals surface area contributed by atoms with E-state index < -0.39 is 0 Å². The van der Waals surface area contributed by atoms with Gasteiger partial charge in [0.05, 0.1) is 0 Å². The van der Waals surface area contributed by atoms with Crippen molar-refractivity contribution >= 4 is 12.4 Å². The number of likely N-dealkylation sites (N-methyl/N-ethyl adjacent to an activating group) is 1. The van der Waals surface area contributed by atoms with E-state index in [-0.39, 0.29) is 12.4 Å². The van der Waals surface area contributed by atoms with E-state index >= 15 is 0 Å². The zero-order valence-corrected chi connectivity index (χ0v) is 6.87. The summed E-state index contributed by atoms with van der Waals surface area (Å²) in [5, 5.41) is 3.23. The van der Waals surface area contributed by atoms with Gasteiger partial charge in [-0.05, 0) is 13.6 Å². The Morgan fingerprint density at radius 1 is 1.56 bits per heavy atom. The van der Waals surface area contributed by atoms with Gasteiger partial charge in [0, 0.05) is 19.1 Å². The van der Waals surface area contributed by atoms with E-state index in [2.05, 4.69) is 24.2 Å². The Morgan fingerprint density at radius 3 is 2.22 bits per heavy atom. The van der Waals surface area contributed by atoms with E-state index in [9.17, 15) is 0 Å². The first kappa shape index (κ1) is 9.21. The van der Waals surface area contributed by atoms with Crippen molar-refractivity contribution in [2.75, 3.05) is 26.7 Å². The fourth-order valence-electron chi connectivity index (χ4n) is 0.843. The number of nitrogens with zero attached hydrogens (tertiary/aromatic N) is 1. The molecule has 0 spiro atoms. The molecular formula is C6H15ClN2. The molecule has 0 bridgehead atoms. The van der Waals surface area contributed by atoms with Crippen LogP contribution in [0.25, 0.3) is 0 Å². The number of hydrogen-bond acceptors (Lipinski definition) is 2. The van der Waals surface area contributed by atoms with Gasteiger partial charge in [-0.3, -0.25) is 0 Å². The van der Waals surface area contributed by atoms with E-state index in [4.69, 9.17) is 0 Å². The molecule has 1 rings (SSSR count). The lowest BCUT2D eigenvalue weighted by Gasteiger charge is -2.34. The van der Waals surface area contributed by atoms with Gasteiger partial charge in [0.1, 0.15) is 0 Å². The Hall–Kier alpha value is 0.210. The van der Waals surface area contributed by atoms with Gasteiger partial charge in [-0.1, -0.05) is 6.92 Å². The zero-order chi connectivity index (χ0) is 5.98. The predicted octanol–water partition coefficient (Wildman–Crippen LogP) is 0.332. The second-order valence-corrected chi connectivity index (χ2v) is 2.39. The van der Waals surface area contributed by atoms with Crippen LogP contribution in [0.15, 0.2) is 0 Å². The first-order chi connectivity index (χ1) is 3.84. The normalized spacial score (nSPS) is 19.0. The maximum Gasteiger partial charge on any atom is 0.0342 e. The van der Waals surface area contributed by atoms with Crippen LogP contribution in [0.5, 0.6) is 0 Å². The second kappa shape index (κ2) is 4.09. The van der Waals surface area contributed by atoms with Gasteiger partial charge < -0.3 is 10.2 Å². The van der Waals surface area contributed by atoms with Gasteiger partial charge in [-0.15, -0.1) is 12.4 Å². The topological polar surface area (TPSA) is 15.3 Å². The van der Waals surface area contributed by atoms with Gasteiger partial charge in [-0.2, -0.15) is 0 Å². The van der Waals surface area contributed by atoms with Crippen molar-refractivity contribution < 1.29 is 0 Å². The number of nitrogens with one attached hydrogen (secondary N) is 1. The van der Waals surface area contributed by atoms with Crippen molar-refractivity contribution in [3.8, 4) is 0 Å². The lowest BCUT2D eigenvalue weighted by atomic mass is 10.1. The minimum Gasteiger partial charge on any atom is -0.314 e. The van der Waals surface area contributed by atoms with Crippen molar-refractivity contribution in [1.29, 1.82) is 0 Å². The maximum atomic E-state index is 3.23.